The van der Waals surface area contributed by atoms with Gasteiger partial charge in [-0.25, -0.2) is 4.79 Å². The van der Waals surface area contributed by atoms with E-state index < -0.39 is 11.9 Å². The lowest BCUT2D eigenvalue weighted by molar-refractivity contribution is -0.131. The Morgan fingerprint density at radius 2 is 1.88 bits per heavy atom. The summed E-state index contributed by atoms with van der Waals surface area (Å²) < 4.78 is 0. The molecule has 1 rings (SSSR count). The molecule has 90 valence electrons. The molecule has 1 aromatic rings. The zero-order valence-corrected chi connectivity index (χ0v) is 10.1. The topological polar surface area (TPSA) is 66.4 Å². The number of benzene rings is 1. The maximum atomic E-state index is 11.6. The number of carbonyl (C=O) groups excluding carboxylic acids is 1. The number of carboxylic acid groups (broad SMARTS) is 1. The van der Waals surface area contributed by atoms with Crippen molar-refractivity contribution in [3.05, 3.63) is 41.0 Å². The van der Waals surface area contributed by atoms with Gasteiger partial charge in [-0.15, -0.1) is 0 Å². The van der Waals surface area contributed by atoms with Gasteiger partial charge in [-0.2, -0.15) is 0 Å². The number of carboxylic acids is 1. The second kappa shape index (κ2) is 5.30. The Kier molecular flexibility index (Phi) is 4.04. The summed E-state index contributed by atoms with van der Waals surface area (Å²) >= 11 is 0. The van der Waals surface area contributed by atoms with Gasteiger partial charge in [0, 0.05) is 17.3 Å². The van der Waals surface area contributed by atoms with Crippen LogP contribution in [0.4, 0.5) is 5.69 Å². The van der Waals surface area contributed by atoms with E-state index in [9.17, 15) is 9.59 Å². The molecule has 0 saturated carbocycles. The predicted octanol–water partition coefficient (Wildman–Crippen LogP) is 2.27. The van der Waals surface area contributed by atoms with Crippen LogP contribution in [0.1, 0.15) is 18.1 Å². The lowest BCUT2D eigenvalue weighted by Gasteiger charge is -2.07. The number of hydrogen-bond acceptors (Lipinski definition) is 2. The predicted molar refractivity (Wildman–Crippen MR) is 65.9 cm³/mol. The van der Waals surface area contributed by atoms with E-state index in [1.165, 1.54) is 6.92 Å². The van der Waals surface area contributed by atoms with Gasteiger partial charge in [-0.1, -0.05) is 6.07 Å². The Balaban J connectivity index is 2.81. The quantitative estimate of drug-likeness (QED) is 0.787. The standard InChI is InChI=1S/C13H15NO3/c1-8-4-5-11(6-9(8)2)14-13(17)10(3)7-12(15)16/h4-7H,1-3H3,(H,14,17)(H,15,16). The molecule has 0 fully saturated rings. The minimum absolute atomic E-state index is 0.163. The Morgan fingerprint density at radius 1 is 1.24 bits per heavy atom. The van der Waals surface area contributed by atoms with Crippen molar-refractivity contribution in [3.63, 3.8) is 0 Å². The highest BCUT2D eigenvalue weighted by molar-refractivity contribution is 6.06. The largest absolute Gasteiger partial charge is 0.478 e. The number of amides is 1. The van der Waals surface area contributed by atoms with Crippen LogP contribution in [0.2, 0.25) is 0 Å². The third kappa shape index (κ3) is 3.75. The van der Waals surface area contributed by atoms with E-state index in [1.54, 1.807) is 6.07 Å². The Bertz CT molecular complexity index is 489. The highest BCUT2D eigenvalue weighted by Crippen LogP contribution is 2.14. The molecule has 2 N–H and O–H groups in total. The molecule has 4 heteroatoms. The minimum atomic E-state index is -1.13. The van der Waals surface area contributed by atoms with Crippen molar-refractivity contribution in [2.24, 2.45) is 0 Å². The van der Waals surface area contributed by atoms with Crippen molar-refractivity contribution in [1.29, 1.82) is 0 Å². The zero-order chi connectivity index (χ0) is 13.0. The maximum absolute atomic E-state index is 11.6. The van der Waals surface area contributed by atoms with Gasteiger partial charge >= 0.3 is 5.97 Å². The third-order valence-corrected chi connectivity index (χ3v) is 2.46. The number of nitrogens with one attached hydrogen (secondary N) is 1. The first-order valence-corrected chi connectivity index (χ1v) is 5.20. The summed E-state index contributed by atoms with van der Waals surface area (Å²) in [5, 5.41) is 11.2. The van der Waals surface area contributed by atoms with Gasteiger partial charge in [0.05, 0.1) is 0 Å². The summed E-state index contributed by atoms with van der Waals surface area (Å²) in [6.07, 6.45) is 0.885. The van der Waals surface area contributed by atoms with E-state index >= 15 is 0 Å². The van der Waals surface area contributed by atoms with Crippen molar-refractivity contribution in [3.8, 4) is 0 Å². The molecule has 17 heavy (non-hydrogen) atoms. The van der Waals surface area contributed by atoms with Crippen LogP contribution < -0.4 is 5.32 Å². The fourth-order valence-electron chi connectivity index (χ4n) is 1.30. The van der Waals surface area contributed by atoms with E-state index in [4.69, 9.17) is 5.11 Å². The van der Waals surface area contributed by atoms with Crippen LogP contribution in [0.5, 0.6) is 0 Å². The highest BCUT2D eigenvalue weighted by atomic mass is 16.4. The summed E-state index contributed by atoms with van der Waals surface area (Å²) in [5.41, 5.74) is 3.04. The van der Waals surface area contributed by atoms with E-state index in [0.29, 0.717) is 5.69 Å². The minimum Gasteiger partial charge on any atom is -0.478 e. The summed E-state index contributed by atoms with van der Waals surface area (Å²) in [6.45, 7) is 5.39. The van der Waals surface area contributed by atoms with Crippen LogP contribution >= 0.6 is 0 Å². The summed E-state index contributed by atoms with van der Waals surface area (Å²) in [5.74, 6) is -1.53. The van der Waals surface area contributed by atoms with Crippen molar-refractivity contribution in [2.45, 2.75) is 20.8 Å². The van der Waals surface area contributed by atoms with Gasteiger partial charge in [0.1, 0.15) is 0 Å². The monoisotopic (exact) mass is 233 g/mol. The molecule has 0 atom stereocenters. The van der Waals surface area contributed by atoms with Crippen LogP contribution in [0, 0.1) is 13.8 Å². The smallest absolute Gasteiger partial charge is 0.328 e. The fourth-order valence-corrected chi connectivity index (χ4v) is 1.30. The van der Waals surface area contributed by atoms with Gasteiger partial charge < -0.3 is 10.4 Å². The average Bonchev–Trinajstić information content (AvgIpc) is 2.22. The van der Waals surface area contributed by atoms with Crippen LogP contribution in [0.3, 0.4) is 0 Å². The van der Waals surface area contributed by atoms with Crippen molar-refractivity contribution >= 4 is 17.6 Å². The Hall–Kier alpha value is -2.10. The fraction of sp³-hybridized carbons (Fsp3) is 0.231. The second-order valence-electron chi connectivity index (χ2n) is 3.92. The maximum Gasteiger partial charge on any atom is 0.328 e. The van der Waals surface area contributed by atoms with Crippen LogP contribution in [0.15, 0.2) is 29.8 Å². The number of hydrogen-bond donors (Lipinski definition) is 2. The molecule has 1 aromatic carbocycles. The molecule has 0 aromatic heterocycles. The first kappa shape index (κ1) is 13.0. The van der Waals surface area contributed by atoms with Crippen LogP contribution in [0.25, 0.3) is 0 Å². The first-order valence-electron chi connectivity index (χ1n) is 5.20. The third-order valence-electron chi connectivity index (χ3n) is 2.46. The van der Waals surface area contributed by atoms with Gasteiger partial charge in [-0.05, 0) is 44.0 Å². The Labute approximate surface area is 100.0 Å². The highest BCUT2D eigenvalue weighted by Gasteiger charge is 2.06. The summed E-state index contributed by atoms with van der Waals surface area (Å²) in [4.78, 5) is 22.0. The molecule has 0 spiro atoms. The van der Waals surface area contributed by atoms with Gasteiger partial charge in [-0.3, -0.25) is 4.79 Å². The molecule has 0 aliphatic heterocycles. The zero-order valence-electron chi connectivity index (χ0n) is 10.1. The molecule has 1 amide bonds. The number of rotatable bonds is 3. The van der Waals surface area contributed by atoms with Crippen LogP contribution in [-0.2, 0) is 9.59 Å². The summed E-state index contributed by atoms with van der Waals surface area (Å²) in [7, 11) is 0. The molecule has 0 aliphatic carbocycles. The van der Waals surface area contributed by atoms with E-state index in [2.05, 4.69) is 5.32 Å². The second-order valence-corrected chi connectivity index (χ2v) is 3.92. The lowest BCUT2D eigenvalue weighted by atomic mass is 10.1. The molecule has 0 saturated heterocycles. The van der Waals surface area contributed by atoms with E-state index in [0.717, 1.165) is 17.2 Å². The lowest BCUT2D eigenvalue weighted by Crippen LogP contribution is -2.13. The van der Waals surface area contributed by atoms with E-state index in [-0.39, 0.29) is 5.57 Å². The summed E-state index contributed by atoms with van der Waals surface area (Å²) in [6, 6.07) is 5.54. The number of anilines is 1. The Morgan fingerprint density at radius 3 is 2.41 bits per heavy atom. The van der Waals surface area contributed by atoms with E-state index in [1.807, 2.05) is 26.0 Å². The van der Waals surface area contributed by atoms with Crippen molar-refractivity contribution in [1.82, 2.24) is 0 Å². The van der Waals surface area contributed by atoms with Gasteiger partial charge in [0.15, 0.2) is 0 Å². The number of carbonyl (C=O) groups is 2. The molecule has 4 nitrogen and oxygen atoms in total. The SMILES string of the molecule is CC(=CC(=O)O)C(=O)Nc1ccc(C)c(C)c1. The van der Waals surface area contributed by atoms with Gasteiger partial charge in [0.25, 0.3) is 5.91 Å². The molecule has 0 aliphatic rings. The molecular weight excluding hydrogens is 218 g/mol. The number of aryl methyl sites for hydroxylation is 2. The molecule has 0 radical (unpaired) electrons. The van der Waals surface area contributed by atoms with Crippen molar-refractivity contribution < 1.29 is 14.7 Å². The van der Waals surface area contributed by atoms with Crippen molar-refractivity contribution in [2.75, 3.05) is 5.32 Å². The normalized spacial score (nSPS) is 11.1. The molecule has 0 heterocycles. The van der Waals surface area contributed by atoms with Crippen LogP contribution in [-0.4, -0.2) is 17.0 Å². The number of aliphatic carboxylic acids is 1. The molecule has 0 unspecified atom stereocenters. The first-order chi connectivity index (χ1) is 7.90. The molecular formula is C13H15NO3. The van der Waals surface area contributed by atoms with Gasteiger partial charge in [0.2, 0.25) is 0 Å². The average molecular weight is 233 g/mol. The molecule has 0 bridgehead atoms.